The van der Waals surface area contributed by atoms with Crippen molar-refractivity contribution in [2.24, 2.45) is 0 Å². The number of alkyl halides is 2. The zero-order valence-electron chi connectivity index (χ0n) is 15.5. The fraction of sp³-hybridized carbons (Fsp3) is 0.381. The molecule has 0 aliphatic carbocycles. The Morgan fingerprint density at radius 2 is 2.07 bits per heavy atom. The smallest absolute Gasteiger partial charge is 0.270 e. The van der Waals surface area contributed by atoms with Crippen LogP contribution >= 0.6 is 0 Å². The number of halogens is 3. The van der Waals surface area contributed by atoms with E-state index < -0.39 is 11.7 Å². The van der Waals surface area contributed by atoms with Gasteiger partial charge in [0.15, 0.2) is 0 Å². The molecule has 2 aromatic rings. The number of amides is 1. The minimum Gasteiger partial charge on any atom is -0.371 e. The Bertz CT molecular complexity index is 911. The molecule has 2 heterocycles. The number of carbonyl (C=O) groups is 1. The maximum atomic E-state index is 13.8. The van der Waals surface area contributed by atoms with Gasteiger partial charge in [-0.2, -0.15) is 0 Å². The second-order valence-corrected chi connectivity index (χ2v) is 7.43. The van der Waals surface area contributed by atoms with Crippen LogP contribution in [0.5, 0.6) is 0 Å². The average molecular weight is 390 g/mol. The first-order chi connectivity index (χ1) is 13.3. The number of benzene rings is 2. The largest absolute Gasteiger partial charge is 0.371 e. The highest BCUT2D eigenvalue weighted by molar-refractivity contribution is 5.98. The maximum absolute atomic E-state index is 13.8. The molecule has 2 aliphatic rings. The summed E-state index contributed by atoms with van der Waals surface area (Å²) in [7, 11) is 0. The van der Waals surface area contributed by atoms with Crippen molar-refractivity contribution in [1.29, 1.82) is 0 Å². The Hall–Kier alpha value is -2.38. The van der Waals surface area contributed by atoms with Gasteiger partial charge in [-0.15, -0.1) is 0 Å². The summed E-state index contributed by atoms with van der Waals surface area (Å²) in [6.45, 7) is 3.33. The van der Waals surface area contributed by atoms with Gasteiger partial charge in [-0.25, -0.2) is 13.2 Å². The highest BCUT2D eigenvalue weighted by Gasteiger charge is 2.27. The molecular formula is C21H21F3N2O2. The van der Waals surface area contributed by atoms with Gasteiger partial charge < -0.3 is 10.1 Å². The van der Waals surface area contributed by atoms with Crippen LogP contribution in [0.3, 0.4) is 0 Å². The first-order valence-electron chi connectivity index (χ1n) is 9.22. The van der Waals surface area contributed by atoms with E-state index in [4.69, 9.17) is 4.74 Å². The number of nitrogens with one attached hydrogen (secondary N) is 1. The van der Waals surface area contributed by atoms with Gasteiger partial charge in [-0.1, -0.05) is 12.1 Å². The van der Waals surface area contributed by atoms with E-state index in [9.17, 15) is 18.0 Å². The average Bonchev–Trinajstić information content (AvgIpc) is 3.01. The van der Waals surface area contributed by atoms with Crippen LogP contribution in [0.25, 0.3) is 0 Å². The predicted molar refractivity (Wildman–Crippen MR) is 97.6 cm³/mol. The van der Waals surface area contributed by atoms with Gasteiger partial charge in [0.2, 0.25) is 0 Å². The summed E-state index contributed by atoms with van der Waals surface area (Å²) in [5.74, 6) is -3.81. The van der Waals surface area contributed by atoms with Crippen LogP contribution in [-0.4, -0.2) is 30.5 Å². The van der Waals surface area contributed by atoms with E-state index in [0.717, 1.165) is 24.1 Å². The molecule has 4 rings (SSSR count). The summed E-state index contributed by atoms with van der Waals surface area (Å²) in [6.07, 6.45) is -0.185. The van der Waals surface area contributed by atoms with Crippen molar-refractivity contribution in [3.8, 4) is 0 Å². The second kappa shape index (κ2) is 7.22. The molecule has 2 aliphatic heterocycles. The molecule has 1 saturated heterocycles. The number of nitrogens with zero attached hydrogens (tertiary/aromatic N) is 1. The number of morpholine rings is 1. The lowest BCUT2D eigenvalue weighted by atomic mass is 10.0. The van der Waals surface area contributed by atoms with Crippen LogP contribution < -0.4 is 5.32 Å². The van der Waals surface area contributed by atoms with Gasteiger partial charge >= 0.3 is 0 Å². The Balaban J connectivity index is 1.49. The number of carbonyl (C=O) groups excluding carboxylic acids is 1. The molecule has 4 nitrogen and oxygen atoms in total. The number of hydrogen-bond acceptors (Lipinski definition) is 3. The van der Waals surface area contributed by atoms with Crippen LogP contribution in [0.1, 0.15) is 45.6 Å². The molecule has 1 unspecified atom stereocenters. The van der Waals surface area contributed by atoms with E-state index in [0.29, 0.717) is 43.9 Å². The minimum atomic E-state index is -3.08. The van der Waals surface area contributed by atoms with Crippen molar-refractivity contribution in [2.45, 2.75) is 32.0 Å². The van der Waals surface area contributed by atoms with Gasteiger partial charge in [0.25, 0.3) is 11.8 Å². The molecule has 0 aromatic heterocycles. The van der Waals surface area contributed by atoms with Crippen molar-refractivity contribution >= 4 is 5.91 Å². The highest BCUT2D eigenvalue weighted by Crippen LogP contribution is 2.30. The third-order valence-corrected chi connectivity index (χ3v) is 5.21. The van der Waals surface area contributed by atoms with E-state index in [1.165, 1.54) is 12.1 Å². The van der Waals surface area contributed by atoms with Gasteiger partial charge in [-0.3, -0.25) is 9.69 Å². The lowest BCUT2D eigenvalue weighted by molar-refractivity contribution is -0.0330. The number of hydrogen-bond donors (Lipinski definition) is 1. The van der Waals surface area contributed by atoms with Crippen LogP contribution in [0.15, 0.2) is 36.4 Å². The first-order valence-corrected chi connectivity index (χ1v) is 9.22. The van der Waals surface area contributed by atoms with Crippen molar-refractivity contribution in [3.05, 3.63) is 70.0 Å². The van der Waals surface area contributed by atoms with E-state index in [2.05, 4.69) is 10.2 Å². The fourth-order valence-corrected chi connectivity index (χ4v) is 3.75. The van der Waals surface area contributed by atoms with E-state index >= 15 is 0 Å². The van der Waals surface area contributed by atoms with Crippen LogP contribution in [0.4, 0.5) is 13.2 Å². The molecule has 1 amide bonds. The summed E-state index contributed by atoms with van der Waals surface area (Å²) in [5.41, 5.74) is 2.80. The van der Waals surface area contributed by atoms with Gasteiger partial charge in [0, 0.05) is 44.2 Å². The minimum absolute atomic E-state index is 0.0672. The molecule has 0 radical (unpaired) electrons. The SMILES string of the molecule is CC(F)(F)c1cc(F)cc(CN2CCOC(c3ccc4c(c3)CNC4=O)C2)c1. The Labute approximate surface area is 161 Å². The van der Waals surface area contributed by atoms with Crippen LogP contribution in [0.2, 0.25) is 0 Å². The summed E-state index contributed by atoms with van der Waals surface area (Å²) in [4.78, 5) is 13.8. The molecule has 0 spiro atoms. The van der Waals surface area contributed by atoms with Crippen molar-refractivity contribution in [3.63, 3.8) is 0 Å². The molecular weight excluding hydrogens is 369 g/mol. The number of rotatable bonds is 4. The predicted octanol–water partition coefficient (Wildman–Crippen LogP) is 3.75. The third kappa shape index (κ3) is 3.91. The molecule has 1 N–H and O–H groups in total. The van der Waals surface area contributed by atoms with Crippen molar-refractivity contribution in [2.75, 3.05) is 19.7 Å². The van der Waals surface area contributed by atoms with Gasteiger partial charge in [-0.05, 0) is 41.0 Å². The zero-order chi connectivity index (χ0) is 19.9. The normalized spacial score (nSPS) is 20.1. The quantitative estimate of drug-likeness (QED) is 0.865. The zero-order valence-corrected chi connectivity index (χ0v) is 15.5. The molecule has 7 heteroatoms. The number of ether oxygens (including phenoxy) is 1. The third-order valence-electron chi connectivity index (χ3n) is 5.21. The molecule has 1 atom stereocenters. The second-order valence-electron chi connectivity index (χ2n) is 7.43. The monoisotopic (exact) mass is 390 g/mol. The van der Waals surface area contributed by atoms with E-state index in [1.54, 1.807) is 6.07 Å². The maximum Gasteiger partial charge on any atom is 0.270 e. The molecule has 2 aromatic carbocycles. The summed E-state index contributed by atoms with van der Waals surface area (Å²) in [5, 5.41) is 2.79. The number of fused-ring (bicyclic) bond motifs is 1. The van der Waals surface area contributed by atoms with Crippen LogP contribution in [-0.2, 0) is 23.7 Å². The van der Waals surface area contributed by atoms with Crippen molar-refractivity contribution < 1.29 is 22.7 Å². The summed E-state index contributed by atoms with van der Waals surface area (Å²) in [6, 6.07) is 9.20. The van der Waals surface area contributed by atoms with E-state index in [1.807, 2.05) is 12.1 Å². The molecule has 1 fully saturated rings. The standard InChI is InChI=1S/C21H21F3N2O2/c1-21(23,24)16-6-13(7-17(22)9-16)11-26-4-5-28-19(12-26)14-2-3-18-15(8-14)10-25-20(18)27/h2-3,6-9,19H,4-5,10-12H2,1H3,(H,25,27). The van der Waals surface area contributed by atoms with Crippen molar-refractivity contribution in [1.82, 2.24) is 10.2 Å². The lowest BCUT2D eigenvalue weighted by Gasteiger charge is -2.33. The molecule has 28 heavy (non-hydrogen) atoms. The molecule has 0 saturated carbocycles. The molecule has 148 valence electrons. The summed E-state index contributed by atoms with van der Waals surface area (Å²) < 4.78 is 46.8. The van der Waals surface area contributed by atoms with Gasteiger partial charge in [0.1, 0.15) is 5.82 Å². The Morgan fingerprint density at radius 1 is 1.25 bits per heavy atom. The molecule has 0 bridgehead atoms. The summed E-state index contributed by atoms with van der Waals surface area (Å²) >= 11 is 0. The topological polar surface area (TPSA) is 41.6 Å². The lowest BCUT2D eigenvalue weighted by Crippen LogP contribution is -2.37. The van der Waals surface area contributed by atoms with E-state index in [-0.39, 0.29) is 17.6 Å². The highest BCUT2D eigenvalue weighted by atomic mass is 19.3. The van der Waals surface area contributed by atoms with Gasteiger partial charge in [0.05, 0.1) is 12.7 Å². The first kappa shape index (κ1) is 19.0. The Morgan fingerprint density at radius 3 is 2.86 bits per heavy atom. The Kier molecular flexibility index (Phi) is 4.89. The van der Waals surface area contributed by atoms with Crippen LogP contribution in [0, 0.1) is 5.82 Å². The fourth-order valence-electron chi connectivity index (χ4n) is 3.75.